The van der Waals surface area contributed by atoms with Gasteiger partial charge in [0.05, 0.1) is 11.7 Å². The Bertz CT molecular complexity index is 561. The summed E-state index contributed by atoms with van der Waals surface area (Å²) in [6, 6.07) is 0. The molecule has 3 rings (SSSR count). The van der Waals surface area contributed by atoms with Gasteiger partial charge in [-0.25, -0.2) is 0 Å². The molecule has 2 fully saturated rings. The van der Waals surface area contributed by atoms with Gasteiger partial charge in [0.2, 0.25) is 0 Å². The fourth-order valence-electron chi connectivity index (χ4n) is 5.98. The molecule has 0 amide bonds. The minimum atomic E-state index is -0.608. The van der Waals surface area contributed by atoms with Crippen LogP contribution in [0.3, 0.4) is 0 Å². The van der Waals surface area contributed by atoms with Crippen LogP contribution in [0.1, 0.15) is 97.3 Å². The molecule has 0 bridgehead atoms. The van der Waals surface area contributed by atoms with Gasteiger partial charge in [0.1, 0.15) is 0 Å². The van der Waals surface area contributed by atoms with Crippen LogP contribution in [0, 0.1) is 17.8 Å². The van der Waals surface area contributed by atoms with Crippen molar-refractivity contribution in [2.75, 3.05) is 19.6 Å². The van der Waals surface area contributed by atoms with E-state index in [-0.39, 0.29) is 12.0 Å². The first-order valence-corrected chi connectivity index (χ1v) is 13.0. The third kappa shape index (κ3) is 7.21. The second kappa shape index (κ2) is 11.8. The van der Waals surface area contributed by atoms with Crippen LogP contribution in [-0.2, 0) is 0 Å². The van der Waals surface area contributed by atoms with E-state index >= 15 is 0 Å². The predicted octanol–water partition coefficient (Wildman–Crippen LogP) is 5.86. The summed E-state index contributed by atoms with van der Waals surface area (Å²) in [4.78, 5) is 2.65. The topological polar surface area (TPSA) is 43.7 Å². The zero-order valence-electron chi connectivity index (χ0n) is 19.7. The molecule has 30 heavy (non-hydrogen) atoms. The first-order chi connectivity index (χ1) is 14.5. The molecule has 0 radical (unpaired) electrons. The van der Waals surface area contributed by atoms with Crippen molar-refractivity contribution < 1.29 is 10.2 Å². The summed E-state index contributed by atoms with van der Waals surface area (Å²) in [5.41, 5.74) is 1.03. The molecule has 0 spiro atoms. The molecule has 1 saturated heterocycles. The first kappa shape index (κ1) is 24.0. The Hall–Kier alpha value is -0.640. The highest BCUT2D eigenvalue weighted by Gasteiger charge is 2.43. The van der Waals surface area contributed by atoms with Gasteiger partial charge in [-0.15, -0.1) is 0 Å². The van der Waals surface area contributed by atoms with E-state index in [9.17, 15) is 10.2 Å². The first-order valence-electron chi connectivity index (χ1n) is 13.0. The highest BCUT2D eigenvalue weighted by molar-refractivity contribution is 5.20. The summed E-state index contributed by atoms with van der Waals surface area (Å²) >= 11 is 0. The van der Waals surface area contributed by atoms with Crippen LogP contribution >= 0.6 is 0 Å². The van der Waals surface area contributed by atoms with Gasteiger partial charge in [-0.1, -0.05) is 56.4 Å². The fourth-order valence-corrected chi connectivity index (χ4v) is 5.98. The fraction of sp³-hybridized carbons (Fsp3) is 0.852. The quantitative estimate of drug-likeness (QED) is 0.308. The van der Waals surface area contributed by atoms with E-state index in [2.05, 4.69) is 30.1 Å². The SMILES string of the molecule is CCCC[C@@](C)(O)C/C=C/[C@@H]1[C@H]2CC(CCCCCN3CCCCC3)=C[C@H]2C[C@H]1O. The molecule has 0 unspecified atom stereocenters. The van der Waals surface area contributed by atoms with Crippen LogP contribution in [0.4, 0.5) is 0 Å². The number of piperidine rings is 1. The van der Waals surface area contributed by atoms with Crippen molar-refractivity contribution in [3.8, 4) is 0 Å². The van der Waals surface area contributed by atoms with Crippen molar-refractivity contribution in [1.29, 1.82) is 0 Å². The molecular formula is C27H47NO2. The molecule has 0 aromatic carbocycles. The van der Waals surface area contributed by atoms with E-state index in [0.717, 1.165) is 25.7 Å². The minimum absolute atomic E-state index is 0.209. The molecule has 3 aliphatic rings. The van der Waals surface area contributed by atoms with Gasteiger partial charge >= 0.3 is 0 Å². The van der Waals surface area contributed by atoms with Gasteiger partial charge in [-0.05, 0) is 96.2 Å². The van der Waals surface area contributed by atoms with Crippen molar-refractivity contribution >= 4 is 0 Å². The van der Waals surface area contributed by atoms with Gasteiger partial charge in [-0.3, -0.25) is 0 Å². The van der Waals surface area contributed by atoms with Crippen molar-refractivity contribution in [2.24, 2.45) is 17.8 Å². The van der Waals surface area contributed by atoms with E-state index in [4.69, 9.17) is 0 Å². The number of allylic oxidation sites excluding steroid dienone is 2. The Morgan fingerprint density at radius 2 is 1.93 bits per heavy atom. The molecule has 1 heterocycles. The van der Waals surface area contributed by atoms with Gasteiger partial charge in [-0.2, -0.15) is 0 Å². The van der Waals surface area contributed by atoms with Crippen LogP contribution in [0.5, 0.6) is 0 Å². The summed E-state index contributed by atoms with van der Waals surface area (Å²) in [5.74, 6) is 1.42. The maximum Gasteiger partial charge on any atom is 0.0654 e. The third-order valence-electron chi connectivity index (χ3n) is 7.86. The maximum atomic E-state index is 10.6. The van der Waals surface area contributed by atoms with Crippen LogP contribution in [0.15, 0.2) is 23.8 Å². The molecule has 2 aliphatic carbocycles. The maximum absolute atomic E-state index is 10.6. The number of unbranched alkanes of at least 4 members (excludes halogenated alkanes) is 3. The Morgan fingerprint density at radius 3 is 2.70 bits per heavy atom. The van der Waals surface area contributed by atoms with Crippen molar-refractivity contribution in [3.63, 3.8) is 0 Å². The van der Waals surface area contributed by atoms with Crippen LogP contribution in [0.2, 0.25) is 0 Å². The predicted molar refractivity (Wildman–Crippen MR) is 126 cm³/mol. The number of fused-ring (bicyclic) bond motifs is 1. The third-order valence-corrected chi connectivity index (χ3v) is 7.86. The molecular weight excluding hydrogens is 370 g/mol. The summed E-state index contributed by atoms with van der Waals surface area (Å²) in [6.07, 6.45) is 22.0. The van der Waals surface area contributed by atoms with Gasteiger partial charge in [0, 0.05) is 5.92 Å². The van der Waals surface area contributed by atoms with Gasteiger partial charge < -0.3 is 15.1 Å². The smallest absolute Gasteiger partial charge is 0.0654 e. The summed E-state index contributed by atoms with van der Waals surface area (Å²) in [6.45, 7) is 8.05. The second-order valence-corrected chi connectivity index (χ2v) is 10.7. The molecule has 3 heteroatoms. The van der Waals surface area contributed by atoms with Crippen LogP contribution in [-0.4, -0.2) is 46.5 Å². The normalized spacial score (nSPS) is 31.8. The van der Waals surface area contributed by atoms with Crippen molar-refractivity contribution in [1.82, 2.24) is 4.90 Å². The molecule has 0 aromatic heterocycles. The van der Waals surface area contributed by atoms with Crippen molar-refractivity contribution in [3.05, 3.63) is 23.8 Å². The van der Waals surface area contributed by atoms with Gasteiger partial charge in [0.15, 0.2) is 0 Å². The van der Waals surface area contributed by atoms with E-state index < -0.39 is 5.60 Å². The lowest BCUT2D eigenvalue weighted by Crippen LogP contribution is -2.30. The second-order valence-electron chi connectivity index (χ2n) is 10.7. The van der Waals surface area contributed by atoms with E-state index in [0.29, 0.717) is 18.3 Å². The number of rotatable bonds is 12. The van der Waals surface area contributed by atoms with E-state index in [1.54, 1.807) is 5.57 Å². The summed E-state index contributed by atoms with van der Waals surface area (Å²) in [5, 5.41) is 21.1. The van der Waals surface area contributed by atoms with E-state index in [1.807, 2.05) is 6.92 Å². The molecule has 172 valence electrons. The highest BCUT2D eigenvalue weighted by atomic mass is 16.3. The molecule has 1 saturated carbocycles. The lowest BCUT2D eigenvalue weighted by atomic mass is 9.87. The van der Waals surface area contributed by atoms with Crippen molar-refractivity contribution in [2.45, 2.75) is 109 Å². The number of likely N-dealkylation sites (tertiary alicyclic amines) is 1. The Balaban J connectivity index is 1.36. The highest BCUT2D eigenvalue weighted by Crippen LogP contribution is 2.48. The lowest BCUT2D eigenvalue weighted by Gasteiger charge is -2.26. The Morgan fingerprint density at radius 1 is 1.13 bits per heavy atom. The zero-order chi connectivity index (χ0) is 21.4. The largest absolute Gasteiger partial charge is 0.392 e. The Labute approximate surface area is 185 Å². The molecule has 5 atom stereocenters. The average Bonchev–Trinajstić information content (AvgIpc) is 3.24. The standard InChI is InChI=1S/C27H47NO2/c1-3-4-14-27(2,30)15-11-13-24-25-20-22(19-23(25)21-26(24)29)12-7-5-8-16-28-17-9-6-10-18-28/h11,13,19,23-26,29-30H,3-10,12,14-18,20-21H2,1-2H3/b13-11+/t23-,24+,25-,26+,27+/m0/s1. The molecule has 2 N–H and O–H groups in total. The number of aliphatic hydroxyl groups excluding tert-OH is 1. The lowest BCUT2D eigenvalue weighted by molar-refractivity contribution is 0.0513. The van der Waals surface area contributed by atoms with Crippen LogP contribution in [0.25, 0.3) is 0 Å². The summed E-state index contributed by atoms with van der Waals surface area (Å²) in [7, 11) is 0. The minimum Gasteiger partial charge on any atom is -0.392 e. The number of hydrogen-bond donors (Lipinski definition) is 2. The Kier molecular flexibility index (Phi) is 9.47. The molecule has 0 aromatic rings. The molecule has 3 nitrogen and oxygen atoms in total. The van der Waals surface area contributed by atoms with E-state index in [1.165, 1.54) is 71.0 Å². The average molecular weight is 418 g/mol. The number of nitrogens with zero attached hydrogens (tertiary/aromatic N) is 1. The molecule has 1 aliphatic heterocycles. The number of aliphatic hydroxyl groups is 2. The number of hydrogen-bond acceptors (Lipinski definition) is 3. The summed E-state index contributed by atoms with van der Waals surface area (Å²) < 4.78 is 0. The zero-order valence-corrected chi connectivity index (χ0v) is 19.7. The van der Waals surface area contributed by atoms with Crippen LogP contribution < -0.4 is 0 Å². The monoisotopic (exact) mass is 417 g/mol. The van der Waals surface area contributed by atoms with Gasteiger partial charge in [0.25, 0.3) is 0 Å².